The fourth-order valence-corrected chi connectivity index (χ4v) is 1.76. The maximum Gasteiger partial charge on any atom is 0.140 e. The highest BCUT2D eigenvalue weighted by Gasteiger charge is 2.24. The van der Waals surface area contributed by atoms with Crippen LogP contribution in [0.1, 0.15) is 53.8 Å². The summed E-state index contributed by atoms with van der Waals surface area (Å²) in [5.41, 5.74) is 0.514. The summed E-state index contributed by atoms with van der Waals surface area (Å²) >= 11 is 0. The Morgan fingerprint density at radius 3 is 2.17 bits per heavy atom. The average molecular weight is 252 g/mol. The summed E-state index contributed by atoms with van der Waals surface area (Å²) in [5.74, 6) is 1.03. The van der Waals surface area contributed by atoms with Crippen molar-refractivity contribution in [1.82, 2.24) is 19.7 Å². The number of nitrogens with zero attached hydrogens (tertiary/aromatic N) is 4. The third kappa shape index (κ3) is 4.77. The van der Waals surface area contributed by atoms with Crippen molar-refractivity contribution in [2.75, 3.05) is 6.54 Å². The van der Waals surface area contributed by atoms with Gasteiger partial charge in [-0.3, -0.25) is 9.58 Å². The molecule has 4 nitrogen and oxygen atoms in total. The summed E-state index contributed by atoms with van der Waals surface area (Å²) in [6, 6.07) is 0. The summed E-state index contributed by atoms with van der Waals surface area (Å²) < 4.78 is 1.86. The Bertz CT molecular complexity index is 368. The molecule has 0 N–H and O–H groups in total. The van der Waals surface area contributed by atoms with Crippen LogP contribution in [0, 0.1) is 5.41 Å². The van der Waals surface area contributed by atoms with Gasteiger partial charge in [0.05, 0.1) is 6.54 Å². The number of hydrogen-bond acceptors (Lipinski definition) is 3. The average Bonchev–Trinajstić information content (AvgIpc) is 2.55. The molecule has 4 heteroatoms. The number of aryl methyl sites for hydroxylation is 1. The molecule has 1 heterocycles. The third-order valence-electron chi connectivity index (χ3n) is 3.22. The second-order valence-electron chi connectivity index (χ2n) is 7.20. The van der Waals surface area contributed by atoms with E-state index in [1.807, 2.05) is 11.7 Å². The molecule has 0 unspecified atom stereocenters. The predicted octanol–water partition coefficient (Wildman–Crippen LogP) is 2.85. The highest BCUT2D eigenvalue weighted by atomic mass is 15.3. The van der Waals surface area contributed by atoms with Crippen LogP contribution in [0.2, 0.25) is 0 Å². The SMILES string of the molecule is Cn1ncnc1CN(CCC(C)(C)C)C(C)(C)C. The molecule has 1 aromatic rings. The standard InChI is InChI=1S/C14H28N4/c1-13(2,3)8-9-18(14(4,5)6)10-12-15-11-16-17(12)7/h11H,8-10H2,1-7H3. The fraction of sp³-hybridized carbons (Fsp3) is 0.857. The summed E-state index contributed by atoms with van der Waals surface area (Å²) in [6.07, 6.45) is 2.81. The van der Waals surface area contributed by atoms with Crippen molar-refractivity contribution >= 4 is 0 Å². The molecular formula is C14H28N4. The molecule has 0 aromatic carbocycles. The third-order valence-corrected chi connectivity index (χ3v) is 3.22. The molecule has 0 aliphatic heterocycles. The highest BCUT2D eigenvalue weighted by Crippen LogP contribution is 2.23. The predicted molar refractivity (Wildman–Crippen MR) is 75.2 cm³/mol. The van der Waals surface area contributed by atoms with Crippen molar-refractivity contribution in [2.45, 2.75) is 60.0 Å². The first-order chi connectivity index (χ1) is 8.09. The highest BCUT2D eigenvalue weighted by molar-refractivity contribution is 4.88. The number of hydrogen-bond donors (Lipinski definition) is 0. The van der Waals surface area contributed by atoms with Crippen LogP contribution in [0.5, 0.6) is 0 Å². The lowest BCUT2D eigenvalue weighted by Gasteiger charge is -2.37. The summed E-state index contributed by atoms with van der Waals surface area (Å²) in [4.78, 5) is 6.80. The van der Waals surface area contributed by atoms with Gasteiger partial charge >= 0.3 is 0 Å². The largest absolute Gasteiger partial charge is 0.291 e. The molecule has 0 aliphatic rings. The van der Waals surface area contributed by atoms with E-state index < -0.39 is 0 Å². The second-order valence-corrected chi connectivity index (χ2v) is 7.20. The summed E-state index contributed by atoms with van der Waals surface area (Å²) in [5, 5.41) is 4.14. The van der Waals surface area contributed by atoms with E-state index in [9.17, 15) is 0 Å². The van der Waals surface area contributed by atoms with Crippen LogP contribution in [-0.2, 0) is 13.6 Å². The van der Waals surface area contributed by atoms with Gasteiger partial charge in [-0.2, -0.15) is 5.10 Å². The monoisotopic (exact) mass is 252 g/mol. The van der Waals surface area contributed by atoms with Crippen molar-refractivity contribution < 1.29 is 0 Å². The van der Waals surface area contributed by atoms with Crippen molar-refractivity contribution in [3.8, 4) is 0 Å². The van der Waals surface area contributed by atoms with Crippen LogP contribution in [-0.4, -0.2) is 31.7 Å². The topological polar surface area (TPSA) is 34.0 Å². The molecular weight excluding hydrogens is 224 g/mol. The number of aromatic nitrogens is 3. The Kier molecular flexibility index (Phi) is 4.54. The Balaban J connectivity index is 2.71. The van der Waals surface area contributed by atoms with Gasteiger partial charge in [0.25, 0.3) is 0 Å². The van der Waals surface area contributed by atoms with E-state index in [4.69, 9.17) is 0 Å². The summed E-state index contributed by atoms with van der Waals surface area (Å²) in [7, 11) is 1.95. The van der Waals surface area contributed by atoms with Crippen molar-refractivity contribution in [3.63, 3.8) is 0 Å². The van der Waals surface area contributed by atoms with Crippen molar-refractivity contribution in [3.05, 3.63) is 12.2 Å². The van der Waals surface area contributed by atoms with Crippen LogP contribution in [0.4, 0.5) is 0 Å². The molecule has 0 saturated carbocycles. The molecule has 0 aliphatic carbocycles. The zero-order chi connectivity index (χ0) is 14.0. The molecule has 1 aromatic heterocycles. The van der Waals surface area contributed by atoms with Crippen molar-refractivity contribution in [1.29, 1.82) is 0 Å². The molecule has 0 saturated heterocycles. The molecule has 104 valence electrons. The van der Waals surface area contributed by atoms with E-state index in [1.54, 1.807) is 6.33 Å². The van der Waals surface area contributed by atoms with Gasteiger partial charge in [-0.1, -0.05) is 20.8 Å². The minimum atomic E-state index is 0.150. The molecule has 0 atom stereocenters. The Morgan fingerprint density at radius 1 is 1.17 bits per heavy atom. The minimum absolute atomic E-state index is 0.150. The van der Waals surface area contributed by atoms with Crippen LogP contribution < -0.4 is 0 Å². The smallest absolute Gasteiger partial charge is 0.140 e. The quantitative estimate of drug-likeness (QED) is 0.826. The lowest BCUT2D eigenvalue weighted by atomic mass is 9.91. The molecule has 0 amide bonds. The van der Waals surface area contributed by atoms with Gasteiger partial charge in [-0.25, -0.2) is 4.98 Å². The molecule has 0 radical (unpaired) electrons. The van der Waals surface area contributed by atoms with Gasteiger partial charge in [0.1, 0.15) is 12.2 Å². The Hall–Kier alpha value is -0.900. The van der Waals surface area contributed by atoms with Crippen LogP contribution in [0.3, 0.4) is 0 Å². The van der Waals surface area contributed by atoms with Gasteiger partial charge < -0.3 is 0 Å². The fourth-order valence-electron chi connectivity index (χ4n) is 1.76. The molecule has 1 rings (SSSR count). The van der Waals surface area contributed by atoms with Gasteiger partial charge in [0.15, 0.2) is 0 Å². The van der Waals surface area contributed by atoms with E-state index in [2.05, 4.69) is 56.5 Å². The lowest BCUT2D eigenvalue weighted by Crippen LogP contribution is -2.42. The van der Waals surface area contributed by atoms with E-state index >= 15 is 0 Å². The molecule has 0 fully saturated rings. The molecule has 0 spiro atoms. The van der Waals surface area contributed by atoms with Gasteiger partial charge in [-0.15, -0.1) is 0 Å². The van der Waals surface area contributed by atoms with Crippen LogP contribution in [0.25, 0.3) is 0 Å². The molecule has 0 bridgehead atoms. The van der Waals surface area contributed by atoms with Gasteiger partial charge in [0, 0.05) is 12.6 Å². The lowest BCUT2D eigenvalue weighted by molar-refractivity contribution is 0.105. The van der Waals surface area contributed by atoms with E-state index in [1.165, 1.54) is 6.42 Å². The first-order valence-corrected chi connectivity index (χ1v) is 6.67. The van der Waals surface area contributed by atoms with E-state index in [0.29, 0.717) is 5.41 Å². The first-order valence-electron chi connectivity index (χ1n) is 6.67. The zero-order valence-electron chi connectivity index (χ0n) is 13.0. The summed E-state index contributed by atoms with van der Waals surface area (Å²) in [6.45, 7) is 15.6. The van der Waals surface area contributed by atoms with Crippen LogP contribution in [0.15, 0.2) is 6.33 Å². The normalized spacial score (nSPS) is 13.3. The van der Waals surface area contributed by atoms with Gasteiger partial charge in [-0.05, 0) is 39.2 Å². The molecule has 18 heavy (non-hydrogen) atoms. The Labute approximate surface area is 111 Å². The maximum atomic E-state index is 4.32. The van der Waals surface area contributed by atoms with E-state index in [0.717, 1.165) is 18.9 Å². The maximum absolute atomic E-state index is 4.32. The van der Waals surface area contributed by atoms with Crippen LogP contribution >= 0.6 is 0 Å². The number of rotatable bonds is 4. The van der Waals surface area contributed by atoms with E-state index in [-0.39, 0.29) is 5.54 Å². The van der Waals surface area contributed by atoms with Gasteiger partial charge in [0.2, 0.25) is 0 Å². The first kappa shape index (κ1) is 15.2. The second kappa shape index (κ2) is 5.39. The van der Waals surface area contributed by atoms with Crippen molar-refractivity contribution in [2.24, 2.45) is 12.5 Å². The zero-order valence-corrected chi connectivity index (χ0v) is 13.0. The Morgan fingerprint density at radius 2 is 1.78 bits per heavy atom. The minimum Gasteiger partial charge on any atom is -0.291 e.